The quantitative estimate of drug-likeness (QED) is 0.655. The van der Waals surface area contributed by atoms with E-state index in [0.717, 1.165) is 0 Å². The van der Waals surface area contributed by atoms with Gasteiger partial charge < -0.3 is 21.1 Å². The number of carboxylic acid groups (broad SMARTS) is 1. The topological polar surface area (TPSA) is 91.5 Å². The van der Waals surface area contributed by atoms with Crippen molar-refractivity contribution < 1.29 is 9.90 Å². The lowest BCUT2D eigenvalue weighted by Crippen LogP contribution is -2.56. The summed E-state index contributed by atoms with van der Waals surface area (Å²) in [4.78, 5) is 15.9. The zero-order valence-corrected chi connectivity index (χ0v) is 8.05. The molecule has 2 heterocycles. The van der Waals surface area contributed by atoms with Crippen LogP contribution < -0.4 is 11.1 Å². The zero-order chi connectivity index (χ0) is 10.8. The molecule has 0 spiro atoms. The first kappa shape index (κ1) is 9.57. The molecule has 1 aliphatic heterocycles. The summed E-state index contributed by atoms with van der Waals surface area (Å²) in [6.07, 6.45) is 0.758. The van der Waals surface area contributed by atoms with Crippen molar-refractivity contribution in [3.05, 3.63) is 18.3 Å². The zero-order valence-electron chi connectivity index (χ0n) is 8.05. The molecule has 0 aromatic carbocycles. The first-order valence-electron chi connectivity index (χ1n) is 4.61. The lowest BCUT2D eigenvalue weighted by atomic mass is 10.1. The summed E-state index contributed by atoms with van der Waals surface area (Å²) >= 11 is 0. The fourth-order valence-corrected chi connectivity index (χ4v) is 1.46. The summed E-state index contributed by atoms with van der Waals surface area (Å²) in [6.45, 7) is 0.955. The number of nitrogens with two attached hydrogens (primary N) is 1. The normalized spacial score (nSPS) is 15.9. The van der Waals surface area contributed by atoms with Crippen LogP contribution in [-0.2, 0) is 0 Å². The van der Waals surface area contributed by atoms with Crippen molar-refractivity contribution >= 4 is 17.6 Å². The highest BCUT2D eigenvalue weighted by atomic mass is 16.4. The molecule has 0 aliphatic carbocycles. The van der Waals surface area contributed by atoms with E-state index in [-0.39, 0.29) is 6.04 Å². The number of nitrogens with one attached hydrogen (secondary N) is 1. The van der Waals surface area contributed by atoms with E-state index >= 15 is 0 Å². The van der Waals surface area contributed by atoms with Crippen molar-refractivity contribution in [1.82, 2.24) is 9.88 Å². The Kier molecular flexibility index (Phi) is 2.32. The van der Waals surface area contributed by atoms with Crippen LogP contribution in [0.25, 0.3) is 0 Å². The van der Waals surface area contributed by atoms with Crippen molar-refractivity contribution in [3.63, 3.8) is 0 Å². The molecule has 4 N–H and O–H groups in total. The molecule has 1 aromatic heterocycles. The van der Waals surface area contributed by atoms with Crippen molar-refractivity contribution in [2.45, 2.75) is 6.04 Å². The summed E-state index contributed by atoms with van der Waals surface area (Å²) in [5, 5.41) is 11.7. The number of rotatable bonds is 2. The minimum absolute atomic E-state index is 0.110. The number of pyridine rings is 1. The van der Waals surface area contributed by atoms with Gasteiger partial charge in [-0.15, -0.1) is 0 Å². The molecule has 0 atom stereocenters. The smallest absolute Gasteiger partial charge is 0.407 e. The van der Waals surface area contributed by atoms with E-state index in [0.29, 0.717) is 24.6 Å². The Hall–Kier alpha value is -1.98. The van der Waals surface area contributed by atoms with Crippen LogP contribution in [0.1, 0.15) is 0 Å². The van der Waals surface area contributed by atoms with Crippen molar-refractivity contribution in [2.24, 2.45) is 0 Å². The fourth-order valence-electron chi connectivity index (χ4n) is 1.46. The largest absolute Gasteiger partial charge is 0.465 e. The van der Waals surface area contributed by atoms with Crippen LogP contribution in [0.5, 0.6) is 0 Å². The highest BCUT2D eigenvalue weighted by Gasteiger charge is 2.30. The van der Waals surface area contributed by atoms with E-state index in [1.165, 1.54) is 4.90 Å². The summed E-state index contributed by atoms with van der Waals surface area (Å²) < 4.78 is 0. The van der Waals surface area contributed by atoms with Crippen LogP contribution in [0.3, 0.4) is 0 Å². The van der Waals surface area contributed by atoms with Crippen molar-refractivity contribution in [3.8, 4) is 0 Å². The van der Waals surface area contributed by atoms with Crippen molar-refractivity contribution in [1.29, 1.82) is 0 Å². The Morgan fingerprint density at radius 2 is 2.40 bits per heavy atom. The van der Waals surface area contributed by atoms with Gasteiger partial charge in [-0.2, -0.15) is 0 Å². The van der Waals surface area contributed by atoms with E-state index in [2.05, 4.69) is 10.3 Å². The van der Waals surface area contributed by atoms with Crippen LogP contribution in [0, 0.1) is 0 Å². The third kappa shape index (κ3) is 1.93. The number of nitrogen functional groups attached to an aromatic ring is 1. The van der Waals surface area contributed by atoms with E-state index < -0.39 is 6.09 Å². The van der Waals surface area contributed by atoms with Gasteiger partial charge in [-0.25, -0.2) is 9.78 Å². The number of hydrogen-bond donors (Lipinski definition) is 3. The van der Waals surface area contributed by atoms with Gasteiger partial charge >= 0.3 is 6.09 Å². The Labute approximate surface area is 86.7 Å². The second kappa shape index (κ2) is 3.64. The number of likely N-dealkylation sites (tertiary alicyclic amines) is 1. The number of carbonyl (C=O) groups is 1. The lowest BCUT2D eigenvalue weighted by molar-refractivity contribution is 0.111. The highest BCUT2D eigenvalue weighted by Crippen LogP contribution is 2.18. The molecule has 6 heteroatoms. The minimum Gasteiger partial charge on any atom is -0.465 e. The molecular formula is C9H12N4O2. The van der Waals surface area contributed by atoms with Gasteiger partial charge in [-0.1, -0.05) is 0 Å². The Morgan fingerprint density at radius 3 is 3.00 bits per heavy atom. The molecule has 0 saturated carbocycles. The van der Waals surface area contributed by atoms with Gasteiger partial charge in [0.2, 0.25) is 0 Å². The molecule has 2 rings (SSSR count). The molecule has 1 aliphatic rings. The molecule has 0 radical (unpaired) electrons. The summed E-state index contributed by atoms with van der Waals surface area (Å²) in [7, 11) is 0. The van der Waals surface area contributed by atoms with Gasteiger partial charge in [0.1, 0.15) is 5.82 Å². The molecular weight excluding hydrogens is 196 g/mol. The van der Waals surface area contributed by atoms with E-state index in [1.807, 2.05) is 0 Å². The van der Waals surface area contributed by atoms with E-state index in [1.54, 1.807) is 18.3 Å². The first-order chi connectivity index (χ1) is 7.16. The molecule has 1 aromatic rings. The van der Waals surface area contributed by atoms with Crippen LogP contribution in [0.15, 0.2) is 18.3 Å². The molecule has 1 saturated heterocycles. The maximum absolute atomic E-state index is 10.5. The highest BCUT2D eigenvalue weighted by molar-refractivity contribution is 5.67. The van der Waals surface area contributed by atoms with Gasteiger partial charge in [0.05, 0.1) is 11.7 Å². The number of nitrogens with zero attached hydrogens (tertiary/aromatic N) is 2. The van der Waals surface area contributed by atoms with Gasteiger partial charge in [-0.05, 0) is 12.1 Å². The van der Waals surface area contributed by atoms with Crippen LogP contribution >= 0.6 is 0 Å². The third-order valence-corrected chi connectivity index (χ3v) is 2.33. The third-order valence-electron chi connectivity index (χ3n) is 2.33. The van der Waals surface area contributed by atoms with Gasteiger partial charge in [0.15, 0.2) is 0 Å². The maximum Gasteiger partial charge on any atom is 0.407 e. The van der Waals surface area contributed by atoms with E-state index in [4.69, 9.17) is 10.8 Å². The molecule has 1 amide bonds. The predicted octanol–water partition coefficient (Wildman–Crippen LogP) is 0.438. The monoisotopic (exact) mass is 208 g/mol. The predicted molar refractivity (Wildman–Crippen MR) is 55.7 cm³/mol. The first-order valence-corrected chi connectivity index (χ1v) is 4.61. The average molecular weight is 208 g/mol. The molecule has 1 fully saturated rings. The minimum atomic E-state index is -0.887. The lowest BCUT2D eigenvalue weighted by Gasteiger charge is -2.37. The Morgan fingerprint density at radius 1 is 1.67 bits per heavy atom. The van der Waals surface area contributed by atoms with E-state index in [9.17, 15) is 4.79 Å². The van der Waals surface area contributed by atoms with Gasteiger partial charge in [0, 0.05) is 19.3 Å². The average Bonchev–Trinajstić information content (AvgIpc) is 2.12. The van der Waals surface area contributed by atoms with Crippen LogP contribution in [-0.4, -0.2) is 40.2 Å². The number of aromatic nitrogens is 1. The number of amides is 1. The number of anilines is 2. The summed E-state index contributed by atoms with van der Waals surface area (Å²) in [5.41, 5.74) is 6.26. The fraction of sp³-hybridized carbons (Fsp3) is 0.333. The second-order valence-electron chi connectivity index (χ2n) is 3.47. The molecule has 6 nitrogen and oxygen atoms in total. The Bertz CT molecular complexity index is 376. The summed E-state index contributed by atoms with van der Waals surface area (Å²) in [5.74, 6) is 0.618. The standard InChI is InChI=1S/C9H12N4O2/c10-7-2-1-3-11-8(7)12-6-4-13(5-6)9(14)15/h1-3,6H,4-5,10H2,(H,11,12)(H,14,15). The van der Waals surface area contributed by atoms with Gasteiger partial charge in [-0.3, -0.25) is 0 Å². The second-order valence-corrected chi connectivity index (χ2v) is 3.47. The Balaban J connectivity index is 1.90. The van der Waals surface area contributed by atoms with Crippen molar-refractivity contribution in [2.75, 3.05) is 24.1 Å². The van der Waals surface area contributed by atoms with Gasteiger partial charge in [0.25, 0.3) is 0 Å². The maximum atomic E-state index is 10.5. The number of hydrogen-bond acceptors (Lipinski definition) is 4. The summed E-state index contributed by atoms with van der Waals surface area (Å²) in [6, 6.07) is 3.62. The molecule has 80 valence electrons. The molecule has 0 unspecified atom stereocenters. The van der Waals surface area contributed by atoms with Crippen LogP contribution in [0.4, 0.5) is 16.3 Å². The van der Waals surface area contributed by atoms with Crippen LogP contribution in [0.2, 0.25) is 0 Å². The SMILES string of the molecule is Nc1cccnc1NC1CN(C(=O)O)C1. The molecule has 0 bridgehead atoms. The molecule has 15 heavy (non-hydrogen) atoms.